The number of benzene rings is 1. The molecule has 24 heavy (non-hydrogen) atoms. The van der Waals surface area contributed by atoms with Crippen molar-refractivity contribution in [3.63, 3.8) is 0 Å². The van der Waals surface area contributed by atoms with Gasteiger partial charge in [-0.3, -0.25) is 9.69 Å². The fourth-order valence-corrected chi connectivity index (χ4v) is 3.60. The third-order valence-electron chi connectivity index (χ3n) is 4.99. The number of nitrogens with zero attached hydrogens (tertiary/aromatic N) is 4. The molecule has 0 N–H and O–H groups in total. The molecule has 3 heterocycles. The second-order valence-corrected chi connectivity index (χ2v) is 6.71. The Labute approximate surface area is 140 Å². The lowest BCUT2D eigenvalue weighted by atomic mass is 9.95. The maximum absolute atomic E-state index is 13.1. The first kappa shape index (κ1) is 15.3. The number of aromatic nitrogens is 2. The van der Waals surface area contributed by atoms with Crippen LogP contribution in [0.2, 0.25) is 0 Å². The van der Waals surface area contributed by atoms with E-state index in [9.17, 15) is 9.18 Å². The number of likely N-dealkylation sites (tertiary alicyclic amines) is 1. The molecule has 0 bridgehead atoms. The molecule has 2 aromatic rings. The number of fused-ring (bicyclic) bond motifs is 1. The van der Waals surface area contributed by atoms with Gasteiger partial charge < -0.3 is 9.47 Å². The Morgan fingerprint density at radius 3 is 2.71 bits per heavy atom. The van der Waals surface area contributed by atoms with E-state index in [4.69, 9.17) is 0 Å². The second kappa shape index (κ2) is 6.02. The van der Waals surface area contributed by atoms with E-state index in [0.717, 1.165) is 43.0 Å². The number of amides is 1. The van der Waals surface area contributed by atoms with Gasteiger partial charge in [0.2, 0.25) is 5.91 Å². The van der Waals surface area contributed by atoms with Crippen molar-refractivity contribution in [1.82, 2.24) is 19.4 Å². The minimum Gasteiger partial charge on any atom is -0.342 e. The van der Waals surface area contributed by atoms with Gasteiger partial charge in [0.1, 0.15) is 5.82 Å². The van der Waals surface area contributed by atoms with Crippen LogP contribution in [0.15, 0.2) is 30.6 Å². The number of hydrogen-bond donors (Lipinski definition) is 0. The Kier molecular flexibility index (Phi) is 3.84. The van der Waals surface area contributed by atoms with Crippen LogP contribution in [0.25, 0.3) is 0 Å². The minimum absolute atomic E-state index is 0.165. The molecule has 1 aromatic carbocycles. The summed E-state index contributed by atoms with van der Waals surface area (Å²) in [6, 6.07) is 6.56. The van der Waals surface area contributed by atoms with Gasteiger partial charge in [0.05, 0.1) is 23.6 Å². The van der Waals surface area contributed by atoms with Gasteiger partial charge in [-0.1, -0.05) is 12.1 Å². The van der Waals surface area contributed by atoms with Crippen LogP contribution in [0.5, 0.6) is 0 Å². The monoisotopic (exact) mass is 328 g/mol. The molecule has 0 spiro atoms. The fourth-order valence-electron chi connectivity index (χ4n) is 3.60. The SMILES string of the molecule is Cn1cnc2c1[C@@H](C(=O)N1CCC1)CN(Cc1ccc(F)cc1)C2. The van der Waals surface area contributed by atoms with Gasteiger partial charge in [-0.2, -0.15) is 0 Å². The van der Waals surface area contributed by atoms with Crippen LogP contribution in [0.3, 0.4) is 0 Å². The van der Waals surface area contributed by atoms with E-state index in [-0.39, 0.29) is 17.6 Å². The first-order valence-corrected chi connectivity index (χ1v) is 8.37. The molecule has 0 unspecified atom stereocenters. The summed E-state index contributed by atoms with van der Waals surface area (Å²) < 4.78 is 15.1. The summed E-state index contributed by atoms with van der Waals surface area (Å²) >= 11 is 0. The molecule has 1 atom stereocenters. The first-order chi connectivity index (χ1) is 11.6. The van der Waals surface area contributed by atoms with Gasteiger partial charge in [0.15, 0.2) is 0 Å². The van der Waals surface area contributed by atoms with Gasteiger partial charge in [0.25, 0.3) is 0 Å². The molecule has 0 saturated carbocycles. The van der Waals surface area contributed by atoms with Crippen molar-refractivity contribution in [3.05, 3.63) is 53.4 Å². The third kappa shape index (κ3) is 2.71. The molecule has 126 valence electrons. The van der Waals surface area contributed by atoms with Crippen LogP contribution in [0.1, 0.15) is 29.3 Å². The normalized spacial score (nSPS) is 20.6. The molecule has 0 aliphatic carbocycles. The average Bonchev–Trinajstić information content (AvgIpc) is 2.88. The van der Waals surface area contributed by atoms with Crippen molar-refractivity contribution in [2.24, 2.45) is 7.05 Å². The van der Waals surface area contributed by atoms with Crippen LogP contribution < -0.4 is 0 Å². The fraction of sp³-hybridized carbons (Fsp3) is 0.444. The zero-order valence-corrected chi connectivity index (χ0v) is 13.8. The number of rotatable bonds is 3. The molecule has 1 aromatic heterocycles. The number of carbonyl (C=O) groups is 1. The molecule has 0 radical (unpaired) electrons. The Hall–Kier alpha value is -2.21. The quantitative estimate of drug-likeness (QED) is 0.864. The highest BCUT2D eigenvalue weighted by molar-refractivity contribution is 5.84. The van der Waals surface area contributed by atoms with E-state index in [0.29, 0.717) is 13.1 Å². The number of imidazole rings is 1. The molecule has 5 nitrogen and oxygen atoms in total. The molecule has 1 amide bonds. The Morgan fingerprint density at radius 1 is 1.29 bits per heavy atom. The lowest BCUT2D eigenvalue weighted by molar-refractivity contribution is -0.137. The predicted molar refractivity (Wildman–Crippen MR) is 87.7 cm³/mol. The van der Waals surface area contributed by atoms with E-state index in [1.165, 1.54) is 12.1 Å². The highest BCUT2D eigenvalue weighted by Crippen LogP contribution is 2.31. The van der Waals surface area contributed by atoms with E-state index < -0.39 is 0 Å². The zero-order valence-electron chi connectivity index (χ0n) is 13.8. The van der Waals surface area contributed by atoms with E-state index in [2.05, 4.69) is 9.88 Å². The highest BCUT2D eigenvalue weighted by atomic mass is 19.1. The maximum Gasteiger partial charge on any atom is 0.233 e. The smallest absolute Gasteiger partial charge is 0.233 e. The van der Waals surface area contributed by atoms with Crippen molar-refractivity contribution < 1.29 is 9.18 Å². The summed E-state index contributed by atoms with van der Waals surface area (Å²) in [7, 11) is 1.96. The van der Waals surface area contributed by atoms with Crippen molar-refractivity contribution in [1.29, 1.82) is 0 Å². The maximum atomic E-state index is 13.1. The van der Waals surface area contributed by atoms with Gasteiger partial charge >= 0.3 is 0 Å². The minimum atomic E-state index is -0.227. The van der Waals surface area contributed by atoms with Crippen LogP contribution >= 0.6 is 0 Å². The molecule has 6 heteroatoms. The van der Waals surface area contributed by atoms with Crippen LogP contribution in [0, 0.1) is 5.82 Å². The first-order valence-electron chi connectivity index (χ1n) is 8.37. The lowest BCUT2D eigenvalue weighted by Crippen LogP contribution is -2.48. The zero-order chi connectivity index (χ0) is 16.7. The second-order valence-electron chi connectivity index (χ2n) is 6.71. The van der Waals surface area contributed by atoms with E-state index in [1.54, 1.807) is 18.5 Å². The predicted octanol–water partition coefficient (Wildman–Crippen LogP) is 1.89. The summed E-state index contributed by atoms with van der Waals surface area (Å²) in [5.74, 6) is -0.188. The topological polar surface area (TPSA) is 41.4 Å². The number of halogens is 1. The van der Waals surface area contributed by atoms with Crippen LogP contribution in [0.4, 0.5) is 4.39 Å². The molecule has 4 rings (SSSR count). The lowest BCUT2D eigenvalue weighted by Gasteiger charge is -2.38. The average molecular weight is 328 g/mol. The molecule has 1 fully saturated rings. The van der Waals surface area contributed by atoms with Gasteiger partial charge in [-0.25, -0.2) is 9.37 Å². The number of hydrogen-bond acceptors (Lipinski definition) is 3. The Balaban J connectivity index is 1.58. The number of aryl methyl sites for hydroxylation is 1. The number of carbonyl (C=O) groups excluding carboxylic acids is 1. The van der Waals surface area contributed by atoms with Gasteiger partial charge in [-0.05, 0) is 24.1 Å². The van der Waals surface area contributed by atoms with Crippen molar-refractivity contribution in [3.8, 4) is 0 Å². The van der Waals surface area contributed by atoms with Crippen molar-refractivity contribution >= 4 is 5.91 Å². The van der Waals surface area contributed by atoms with Crippen molar-refractivity contribution in [2.75, 3.05) is 19.6 Å². The summed E-state index contributed by atoms with van der Waals surface area (Å²) in [5.41, 5.74) is 3.07. The molecule has 2 aliphatic heterocycles. The van der Waals surface area contributed by atoms with Crippen LogP contribution in [-0.4, -0.2) is 44.9 Å². The van der Waals surface area contributed by atoms with Crippen LogP contribution in [-0.2, 0) is 24.9 Å². The Morgan fingerprint density at radius 2 is 2.04 bits per heavy atom. The molecular weight excluding hydrogens is 307 g/mol. The summed E-state index contributed by atoms with van der Waals surface area (Å²) in [4.78, 5) is 21.5. The third-order valence-corrected chi connectivity index (χ3v) is 4.99. The summed E-state index contributed by atoms with van der Waals surface area (Å²) in [5, 5.41) is 0. The summed E-state index contributed by atoms with van der Waals surface area (Å²) in [6.07, 6.45) is 2.89. The molecule has 1 saturated heterocycles. The molecule has 2 aliphatic rings. The largest absolute Gasteiger partial charge is 0.342 e. The summed E-state index contributed by atoms with van der Waals surface area (Å²) in [6.45, 7) is 3.82. The Bertz CT molecular complexity index is 751. The van der Waals surface area contributed by atoms with Gasteiger partial charge in [0, 0.05) is 39.8 Å². The van der Waals surface area contributed by atoms with Gasteiger partial charge in [-0.15, -0.1) is 0 Å². The van der Waals surface area contributed by atoms with E-state index in [1.807, 2.05) is 16.5 Å². The van der Waals surface area contributed by atoms with Crippen molar-refractivity contribution in [2.45, 2.75) is 25.4 Å². The highest BCUT2D eigenvalue weighted by Gasteiger charge is 2.37. The standard InChI is InChI=1S/C18H21FN4O/c1-21-12-20-16-11-22(9-13-3-5-14(19)6-4-13)10-15(17(16)21)18(24)23-7-2-8-23/h3-6,12,15H,2,7-11H2,1H3/t15-/m0/s1. The van der Waals surface area contributed by atoms with E-state index >= 15 is 0 Å². The molecular formula is C18H21FN4O.